The van der Waals surface area contributed by atoms with Crippen LogP contribution in [0.2, 0.25) is 0 Å². The summed E-state index contributed by atoms with van der Waals surface area (Å²) in [6, 6.07) is 6.90. The van der Waals surface area contributed by atoms with Crippen molar-refractivity contribution in [1.82, 2.24) is 9.80 Å². The van der Waals surface area contributed by atoms with Gasteiger partial charge in [-0.15, -0.1) is 0 Å². The van der Waals surface area contributed by atoms with E-state index in [1.165, 1.54) is 5.56 Å². The summed E-state index contributed by atoms with van der Waals surface area (Å²) < 4.78 is 11.0. The Kier molecular flexibility index (Phi) is 5.88. The summed E-state index contributed by atoms with van der Waals surface area (Å²) in [5.74, 6) is 1.66. The molecular weight excluding hydrogens is 264 g/mol. The predicted molar refractivity (Wildman–Crippen MR) is 86.1 cm³/mol. The standard InChI is InChI=1S/C17H28N2O2/c1-5-21-17-12-15(6-7-16(17)20-4)13-18-8-10-19(11-9-18)14(2)3/h6-7,12,14H,5,8-11,13H2,1-4H3. The third-order valence-corrected chi connectivity index (χ3v) is 4.07. The molecule has 0 N–H and O–H groups in total. The molecule has 1 aromatic carbocycles. The minimum Gasteiger partial charge on any atom is -0.493 e. The number of piperazine rings is 1. The van der Waals surface area contributed by atoms with E-state index in [0.29, 0.717) is 12.6 Å². The van der Waals surface area contributed by atoms with E-state index in [-0.39, 0.29) is 0 Å². The molecule has 0 spiro atoms. The van der Waals surface area contributed by atoms with Crippen molar-refractivity contribution in [1.29, 1.82) is 0 Å². The number of nitrogens with zero attached hydrogens (tertiary/aromatic N) is 2. The lowest BCUT2D eigenvalue weighted by Crippen LogP contribution is -2.48. The molecule has 2 rings (SSSR count). The van der Waals surface area contributed by atoms with Gasteiger partial charge in [0.25, 0.3) is 0 Å². The zero-order valence-corrected chi connectivity index (χ0v) is 13.8. The summed E-state index contributed by atoms with van der Waals surface area (Å²) in [6.07, 6.45) is 0. The van der Waals surface area contributed by atoms with Crippen LogP contribution in [0.1, 0.15) is 26.3 Å². The summed E-state index contributed by atoms with van der Waals surface area (Å²) in [5.41, 5.74) is 1.29. The van der Waals surface area contributed by atoms with Gasteiger partial charge in [-0.25, -0.2) is 0 Å². The molecular formula is C17H28N2O2. The summed E-state index contributed by atoms with van der Waals surface area (Å²) >= 11 is 0. The highest BCUT2D eigenvalue weighted by Crippen LogP contribution is 2.28. The number of hydrogen-bond acceptors (Lipinski definition) is 4. The monoisotopic (exact) mass is 292 g/mol. The molecule has 0 atom stereocenters. The average Bonchev–Trinajstić information content (AvgIpc) is 2.48. The van der Waals surface area contributed by atoms with E-state index in [9.17, 15) is 0 Å². The normalized spacial score (nSPS) is 17.2. The second-order valence-corrected chi connectivity index (χ2v) is 5.82. The van der Waals surface area contributed by atoms with Gasteiger partial charge in [-0.2, -0.15) is 0 Å². The van der Waals surface area contributed by atoms with Crippen LogP contribution in [0.3, 0.4) is 0 Å². The number of benzene rings is 1. The Bertz CT molecular complexity index is 440. The predicted octanol–water partition coefficient (Wildman–Crippen LogP) is 2.62. The van der Waals surface area contributed by atoms with Crippen LogP contribution in [-0.2, 0) is 6.54 Å². The van der Waals surface area contributed by atoms with Crippen LogP contribution < -0.4 is 9.47 Å². The van der Waals surface area contributed by atoms with Crippen LogP contribution in [0.15, 0.2) is 18.2 Å². The first kappa shape index (κ1) is 16.1. The molecule has 1 fully saturated rings. The summed E-state index contributed by atoms with van der Waals surface area (Å²) in [7, 11) is 1.68. The van der Waals surface area contributed by atoms with Crippen molar-refractivity contribution in [3.8, 4) is 11.5 Å². The maximum absolute atomic E-state index is 5.65. The first-order valence-electron chi connectivity index (χ1n) is 7.90. The molecule has 0 aromatic heterocycles. The summed E-state index contributed by atoms with van der Waals surface area (Å²) in [6.45, 7) is 12.8. The maximum Gasteiger partial charge on any atom is 0.161 e. The Hall–Kier alpha value is -1.26. The Morgan fingerprint density at radius 3 is 2.38 bits per heavy atom. The highest BCUT2D eigenvalue weighted by Gasteiger charge is 2.19. The highest BCUT2D eigenvalue weighted by atomic mass is 16.5. The van der Waals surface area contributed by atoms with Gasteiger partial charge in [-0.3, -0.25) is 9.80 Å². The van der Waals surface area contributed by atoms with Crippen LogP contribution in [0.25, 0.3) is 0 Å². The molecule has 118 valence electrons. The van der Waals surface area contributed by atoms with E-state index in [1.807, 2.05) is 13.0 Å². The first-order valence-corrected chi connectivity index (χ1v) is 7.90. The van der Waals surface area contributed by atoms with Crippen molar-refractivity contribution in [2.24, 2.45) is 0 Å². The van der Waals surface area contributed by atoms with Crippen LogP contribution in [-0.4, -0.2) is 55.7 Å². The van der Waals surface area contributed by atoms with Gasteiger partial charge in [0.1, 0.15) is 0 Å². The molecule has 0 unspecified atom stereocenters. The van der Waals surface area contributed by atoms with E-state index in [0.717, 1.165) is 44.2 Å². The van der Waals surface area contributed by atoms with E-state index in [1.54, 1.807) is 7.11 Å². The lowest BCUT2D eigenvalue weighted by atomic mass is 10.1. The largest absolute Gasteiger partial charge is 0.493 e. The molecule has 1 saturated heterocycles. The number of ether oxygens (including phenoxy) is 2. The number of rotatable bonds is 6. The second kappa shape index (κ2) is 7.66. The molecule has 4 nitrogen and oxygen atoms in total. The molecule has 1 heterocycles. The zero-order valence-electron chi connectivity index (χ0n) is 13.8. The second-order valence-electron chi connectivity index (χ2n) is 5.82. The Morgan fingerprint density at radius 1 is 1.10 bits per heavy atom. The van der Waals surface area contributed by atoms with Crippen molar-refractivity contribution in [2.75, 3.05) is 39.9 Å². The lowest BCUT2D eigenvalue weighted by molar-refractivity contribution is 0.104. The molecule has 1 aliphatic rings. The van der Waals surface area contributed by atoms with Crippen molar-refractivity contribution in [3.63, 3.8) is 0 Å². The van der Waals surface area contributed by atoms with E-state index >= 15 is 0 Å². The highest BCUT2D eigenvalue weighted by molar-refractivity contribution is 5.42. The third-order valence-electron chi connectivity index (χ3n) is 4.07. The topological polar surface area (TPSA) is 24.9 Å². The van der Waals surface area contributed by atoms with Gasteiger partial charge in [-0.1, -0.05) is 6.07 Å². The van der Waals surface area contributed by atoms with Gasteiger partial charge in [-0.05, 0) is 38.5 Å². The molecule has 0 radical (unpaired) electrons. The van der Waals surface area contributed by atoms with Crippen LogP contribution in [0, 0.1) is 0 Å². The third kappa shape index (κ3) is 4.35. The minimum absolute atomic E-state index is 0.651. The Labute approximate surface area is 128 Å². The SMILES string of the molecule is CCOc1cc(CN2CCN(C(C)C)CC2)ccc1OC. The zero-order chi connectivity index (χ0) is 15.2. The molecule has 21 heavy (non-hydrogen) atoms. The number of hydrogen-bond donors (Lipinski definition) is 0. The molecule has 4 heteroatoms. The fourth-order valence-corrected chi connectivity index (χ4v) is 2.78. The van der Waals surface area contributed by atoms with E-state index < -0.39 is 0 Å². The van der Waals surface area contributed by atoms with Crippen molar-refractivity contribution in [3.05, 3.63) is 23.8 Å². The average molecular weight is 292 g/mol. The van der Waals surface area contributed by atoms with Gasteiger partial charge >= 0.3 is 0 Å². The van der Waals surface area contributed by atoms with Crippen LogP contribution >= 0.6 is 0 Å². The van der Waals surface area contributed by atoms with Crippen LogP contribution in [0.5, 0.6) is 11.5 Å². The van der Waals surface area contributed by atoms with Gasteiger partial charge in [0, 0.05) is 38.8 Å². The van der Waals surface area contributed by atoms with Gasteiger partial charge in [0.2, 0.25) is 0 Å². The van der Waals surface area contributed by atoms with Crippen LogP contribution in [0.4, 0.5) is 0 Å². The minimum atomic E-state index is 0.651. The van der Waals surface area contributed by atoms with Gasteiger partial charge in [0.15, 0.2) is 11.5 Å². The van der Waals surface area contributed by atoms with E-state index in [4.69, 9.17) is 9.47 Å². The smallest absolute Gasteiger partial charge is 0.161 e. The molecule has 0 bridgehead atoms. The van der Waals surface area contributed by atoms with Crippen molar-refractivity contribution < 1.29 is 9.47 Å². The van der Waals surface area contributed by atoms with Crippen molar-refractivity contribution >= 4 is 0 Å². The fraction of sp³-hybridized carbons (Fsp3) is 0.647. The Morgan fingerprint density at radius 2 is 1.81 bits per heavy atom. The summed E-state index contributed by atoms with van der Waals surface area (Å²) in [5, 5.41) is 0. The van der Waals surface area contributed by atoms with Gasteiger partial charge < -0.3 is 9.47 Å². The molecule has 0 aliphatic carbocycles. The first-order chi connectivity index (χ1) is 10.1. The fourth-order valence-electron chi connectivity index (χ4n) is 2.78. The molecule has 1 aromatic rings. The van der Waals surface area contributed by atoms with E-state index in [2.05, 4.69) is 35.8 Å². The number of methoxy groups -OCH3 is 1. The molecule has 1 aliphatic heterocycles. The lowest BCUT2D eigenvalue weighted by Gasteiger charge is -2.37. The summed E-state index contributed by atoms with van der Waals surface area (Å²) in [4.78, 5) is 5.05. The quantitative estimate of drug-likeness (QED) is 0.805. The van der Waals surface area contributed by atoms with Crippen molar-refractivity contribution in [2.45, 2.75) is 33.4 Å². The molecule has 0 saturated carbocycles. The molecule has 0 amide bonds. The van der Waals surface area contributed by atoms with Gasteiger partial charge in [0.05, 0.1) is 13.7 Å². The Balaban J connectivity index is 1.95. The maximum atomic E-state index is 5.65.